The molecule has 0 fully saturated rings. The number of rotatable bonds is 0. The van der Waals surface area contributed by atoms with E-state index in [9.17, 15) is 0 Å². The molecule has 1 rings (SSSR count). The van der Waals surface area contributed by atoms with E-state index >= 15 is 0 Å². The number of nitrogens with zero attached hydrogens (tertiary/aromatic N) is 1. The minimum atomic E-state index is 0. The van der Waals surface area contributed by atoms with Gasteiger partial charge in [0.05, 0.1) is 0 Å². The standard InChI is InChI=1S/C6H6ClN.11Ar/c1-5-2-3-6(7)8-4-5;;;;;;;;;;;/h2-4H,1H3;;;;;;;;;;;. The van der Waals surface area contributed by atoms with Gasteiger partial charge in [0.2, 0.25) is 0 Å². The van der Waals surface area contributed by atoms with Crippen LogP contribution in [0.5, 0.6) is 0 Å². The summed E-state index contributed by atoms with van der Waals surface area (Å²) in [6.45, 7) is 1.98. The second kappa shape index (κ2) is 52.9. The van der Waals surface area contributed by atoms with Gasteiger partial charge in [-0.05, 0) is 18.6 Å². The van der Waals surface area contributed by atoms with Crippen molar-refractivity contribution >= 4 is 11.6 Å². The van der Waals surface area contributed by atoms with Crippen molar-refractivity contribution in [2.24, 2.45) is 0 Å². The van der Waals surface area contributed by atoms with Crippen LogP contribution in [0.3, 0.4) is 0 Å². The molecule has 1 heterocycles. The number of pyridine rings is 1. The molecule has 0 saturated carbocycles. The Morgan fingerprint density at radius 2 is 1.00 bits per heavy atom. The zero-order chi connectivity index (χ0) is 5.98. The average molecular weight is 567 g/mol. The molecule has 0 unspecified atom stereocenters. The number of halogens is 1. The van der Waals surface area contributed by atoms with Crippen LogP contribution < -0.4 is 0 Å². The van der Waals surface area contributed by atoms with E-state index in [4.69, 9.17) is 11.6 Å². The predicted octanol–water partition coefficient (Wildman–Crippen LogP) is 2.04. The molecule has 0 aromatic carbocycles. The van der Waals surface area contributed by atoms with Crippen LogP contribution in [-0.2, 0) is 0 Å². The normalized spacial score (nSPS) is 3.89. The Labute approximate surface area is 451 Å². The summed E-state index contributed by atoms with van der Waals surface area (Å²) in [5, 5.41) is 0.551. The Kier molecular flexibility index (Phi) is 194. The molecular weight excluding hydrogens is 561 g/mol. The molecule has 0 bridgehead atoms. The van der Waals surface area contributed by atoms with Gasteiger partial charge in [0.1, 0.15) is 5.15 Å². The summed E-state index contributed by atoms with van der Waals surface area (Å²) in [5.74, 6) is 0. The summed E-state index contributed by atoms with van der Waals surface area (Å²) in [7, 11) is 0. The van der Waals surface area contributed by atoms with Crippen molar-refractivity contribution < 1.29 is 415 Å². The molecule has 0 amide bonds. The first kappa shape index (κ1) is 69.7. The van der Waals surface area contributed by atoms with Gasteiger partial charge in [-0.2, -0.15) is 0 Å². The van der Waals surface area contributed by atoms with Crippen molar-refractivity contribution in [3.05, 3.63) is 29.0 Å². The molecular formula is C6H6Ar11ClN. The number of aryl methyl sites for hydroxylation is 1. The fourth-order valence-corrected chi connectivity index (χ4v) is 0.562. The Bertz CT molecular complexity index is 166. The first-order valence-electron chi connectivity index (χ1n) is 2.37. The van der Waals surface area contributed by atoms with Crippen LogP contribution in [0.2, 0.25) is 5.15 Å². The van der Waals surface area contributed by atoms with Gasteiger partial charge in [0.15, 0.2) is 0 Å². The molecule has 1 nitrogen and oxygen atoms in total. The van der Waals surface area contributed by atoms with E-state index < -0.39 is 0 Å². The van der Waals surface area contributed by atoms with E-state index in [-0.39, 0.29) is 415 Å². The summed E-state index contributed by atoms with van der Waals surface area (Å²) in [6.07, 6.45) is 1.74. The van der Waals surface area contributed by atoms with Crippen LogP contribution in [0.25, 0.3) is 0 Å². The zero-order valence-corrected chi connectivity index (χ0v) is 17.0. The molecule has 0 aliphatic heterocycles. The molecule has 1 aromatic rings. The minimum absolute atomic E-state index is 0. The van der Waals surface area contributed by atoms with Gasteiger partial charge in [-0.15, -0.1) is 0 Å². The third-order valence-electron chi connectivity index (χ3n) is 0.875. The van der Waals surface area contributed by atoms with E-state index in [0.717, 1.165) is 5.56 Å². The molecule has 130 valence electrons. The summed E-state index contributed by atoms with van der Waals surface area (Å²) in [6, 6.07) is 3.70. The van der Waals surface area contributed by atoms with Gasteiger partial charge in [0.25, 0.3) is 0 Å². The summed E-state index contributed by atoms with van der Waals surface area (Å²) < 4.78 is 0. The van der Waals surface area contributed by atoms with Gasteiger partial charge < -0.3 is 0 Å². The molecule has 0 radical (unpaired) electrons. The number of hydrogen-bond donors (Lipinski definition) is 0. The maximum Gasteiger partial charge on any atom is 0.129 e. The Morgan fingerprint density at radius 3 is 1.16 bits per heavy atom. The van der Waals surface area contributed by atoms with Crippen molar-refractivity contribution in [1.29, 1.82) is 0 Å². The third-order valence-corrected chi connectivity index (χ3v) is 1.10. The van der Waals surface area contributed by atoms with E-state index in [0.29, 0.717) is 5.15 Å². The van der Waals surface area contributed by atoms with Crippen molar-refractivity contribution in [2.45, 2.75) is 6.92 Å². The van der Waals surface area contributed by atoms with Crippen molar-refractivity contribution in [3.8, 4) is 0 Å². The molecule has 0 aliphatic carbocycles. The SMILES string of the molecule is Cc1ccc(Cl)nc1.[Ar].[Ar].[Ar].[Ar].[Ar].[Ar].[Ar].[Ar].[Ar].[Ar].[Ar]. The maximum atomic E-state index is 5.50. The molecule has 0 spiro atoms. The maximum absolute atomic E-state index is 5.50. The minimum Gasteiger partial charge on any atom is -0.244 e. The second-order valence-corrected chi connectivity index (χ2v) is 2.05. The van der Waals surface area contributed by atoms with E-state index in [2.05, 4.69) is 4.98 Å². The van der Waals surface area contributed by atoms with Crippen LogP contribution in [0, 0.1) is 422 Å². The van der Waals surface area contributed by atoms with Crippen molar-refractivity contribution in [3.63, 3.8) is 0 Å². The molecule has 0 atom stereocenters. The Morgan fingerprint density at radius 1 is 0.684 bits per heavy atom. The smallest absolute Gasteiger partial charge is 0.129 e. The predicted molar refractivity (Wildman–Crippen MR) is 34.0 cm³/mol. The van der Waals surface area contributed by atoms with Gasteiger partial charge in [-0.1, -0.05) is 17.7 Å². The Hall–Kier alpha value is 13.3. The van der Waals surface area contributed by atoms with Gasteiger partial charge in [-0.3, -0.25) is 0 Å². The fraction of sp³-hybridized carbons (Fsp3) is 0.167. The second-order valence-electron chi connectivity index (χ2n) is 1.66. The first-order valence-corrected chi connectivity index (χ1v) is 2.75. The van der Waals surface area contributed by atoms with Crippen molar-refractivity contribution in [2.75, 3.05) is 0 Å². The van der Waals surface area contributed by atoms with E-state index in [1.165, 1.54) is 0 Å². The summed E-state index contributed by atoms with van der Waals surface area (Å²) in [5.41, 5.74) is 1.13. The van der Waals surface area contributed by atoms with Crippen molar-refractivity contribution in [1.82, 2.24) is 4.98 Å². The summed E-state index contributed by atoms with van der Waals surface area (Å²) >= 11 is 5.50. The van der Waals surface area contributed by atoms with Crippen LogP contribution in [-0.4, -0.2) is 4.98 Å². The number of hydrogen-bond acceptors (Lipinski definition) is 1. The van der Waals surface area contributed by atoms with Crippen LogP contribution in [0.1, 0.15) is 5.56 Å². The molecule has 1 aromatic heterocycles. The number of aromatic nitrogens is 1. The van der Waals surface area contributed by atoms with Gasteiger partial charge in [0, 0.05) is 421 Å². The first-order chi connectivity index (χ1) is 3.79. The monoisotopic (exact) mass is 567 g/mol. The van der Waals surface area contributed by atoms with E-state index in [1.807, 2.05) is 13.0 Å². The topological polar surface area (TPSA) is 12.9 Å². The van der Waals surface area contributed by atoms with Crippen LogP contribution in [0.4, 0.5) is 0 Å². The average Bonchev–Trinajstić information content (AvgIpc) is 1.77. The largest absolute Gasteiger partial charge is 0.244 e. The third kappa shape index (κ3) is 49.5. The molecule has 19 heavy (non-hydrogen) atoms. The quantitative estimate of drug-likeness (QED) is 0.438. The molecule has 0 aliphatic rings. The van der Waals surface area contributed by atoms with E-state index in [1.54, 1.807) is 12.3 Å². The van der Waals surface area contributed by atoms with Gasteiger partial charge >= 0.3 is 0 Å². The van der Waals surface area contributed by atoms with Gasteiger partial charge in [-0.25, -0.2) is 4.98 Å². The van der Waals surface area contributed by atoms with Crippen LogP contribution >= 0.6 is 11.6 Å². The summed E-state index contributed by atoms with van der Waals surface area (Å²) in [4.78, 5) is 3.84. The molecule has 0 N–H and O–H groups in total. The fourth-order valence-electron chi connectivity index (χ4n) is 0.450. The van der Waals surface area contributed by atoms with Crippen LogP contribution in [0.15, 0.2) is 18.3 Å². The molecule has 13 heteroatoms. The zero-order valence-electron chi connectivity index (χ0n) is 8.45. The Balaban J connectivity index is -0.00000000646. The molecule has 0 saturated heterocycles.